The molecule has 0 atom stereocenters. The summed E-state index contributed by atoms with van der Waals surface area (Å²) >= 11 is 0. The van der Waals surface area contributed by atoms with E-state index in [9.17, 15) is 24.6 Å². The van der Waals surface area contributed by atoms with Crippen LogP contribution in [-0.2, 0) is 4.79 Å². The average molecular weight is 326 g/mol. The van der Waals surface area contributed by atoms with Gasteiger partial charge in [-0.15, -0.1) is 0 Å². The molecule has 0 bridgehead atoms. The number of anilines is 1. The van der Waals surface area contributed by atoms with Crippen molar-refractivity contribution < 1.29 is 24.6 Å². The van der Waals surface area contributed by atoms with Crippen molar-refractivity contribution in [1.29, 1.82) is 0 Å². The number of nitrogens with one attached hydrogen (secondary N) is 1. The van der Waals surface area contributed by atoms with Gasteiger partial charge in [-0.05, 0) is 24.3 Å². The molecule has 0 aromatic heterocycles. The van der Waals surface area contributed by atoms with Gasteiger partial charge in [0.1, 0.15) is 0 Å². The van der Waals surface area contributed by atoms with Gasteiger partial charge in [-0.25, -0.2) is 14.6 Å². The van der Waals surface area contributed by atoms with Crippen LogP contribution in [0.1, 0.15) is 27.6 Å². The van der Waals surface area contributed by atoms with Crippen LogP contribution in [0.2, 0.25) is 0 Å². The lowest BCUT2D eigenvalue weighted by Crippen LogP contribution is -2.22. The van der Waals surface area contributed by atoms with Gasteiger partial charge < -0.3 is 15.5 Å². The summed E-state index contributed by atoms with van der Waals surface area (Å²) < 4.78 is 0. The molecular weight excluding hydrogens is 312 g/mol. The summed E-state index contributed by atoms with van der Waals surface area (Å²) in [5.74, 6) is -2.96. The Balaban J connectivity index is 2.47. The van der Waals surface area contributed by atoms with Crippen LogP contribution in [0.15, 0.2) is 53.5 Å². The number of aromatic carboxylic acids is 2. The molecular formula is C17H14N2O5. The van der Waals surface area contributed by atoms with Crippen molar-refractivity contribution in [3.8, 4) is 0 Å². The first-order valence-electron chi connectivity index (χ1n) is 6.91. The number of aliphatic imine (C=N–C) groups is 1. The normalized spacial score (nSPS) is 11.0. The fourth-order valence-electron chi connectivity index (χ4n) is 1.97. The topological polar surface area (TPSA) is 116 Å². The van der Waals surface area contributed by atoms with Crippen LogP contribution in [0.25, 0.3) is 0 Å². The lowest BCUT2D eigenvalue weighted by atomic mass is 10.1. The molecule has 0 spiro atoms. The highest BCUT2D eigenvalue weighted by Gasteiger charge is 2.15. The van der Waals surface area contributed by atoms with E-state index >= 15 is 0 Å². The number of amidine groups is 1. The summed E-state index contributed by atoms with van der Waals surface area (Å²) in [4.78, 5) is 38.3. The second-order valence-electron chi connectivity index (χ2n) is 4.81. The molecule has 0 amide bonds. The van der Waals surface area contributed by atoms with Crippen LogP contribution in [-0.4, -0.2) is 33.8 Å². The van der Waals surface area contributed by atoms with Gasteiger partial charge in [0.15, 0.2) is 11.6 Å². The zero-order chi connectivity index (χ0) is 17.7. The molecule has 0 saturated carbocycles. The predicted molar refractivity (Wildman–Crippen MR) is 88.2 cm³/mol. The minimum atomic E-state index is -1.18. The largest absolute Gasteiger partial charge is 0.478 e. The van der Waals surface area contributed by atoms with E-state index in [4.69, 9.17) is 0 Å². The molecule has 0 aliphatic heterocycles. The molecule has 0 aliphatic carbocycles. The molecule has 0 unspecified atom stereocenters. The smallest absolute Gasteiger partial charge is 0.337 e. The molecule has 0 saturated heterocycles. The molecule has 0 fully saturated rings. The number of hydrogen-bond acceptors (Lipinski definition) is 4. The maximum Gasteiger partial charge on any atom is 0.337 e. The van der Waals surface area contributed by atoms with E-state index in [1.165, 1.54) is 31.2 Å². The number of carbonyl (C=O) groups excluding carboxylic acids is 1. The summed E-state index contributed by atoms with van der Waals surface area (Å²) in [5.41, 5.74) is 0.185. The van der Waals surface area contributed by atoms with Crippen molar-refractivity contribution in [2.24, 2.45) is 4.99 Å². The summed E-state index contributed by atoms with van der Waals surface area (Å²) in [6, 6.07) is 12.0. The molecule has 3 N–H and O–H groups in total. The first-order chi connectivity index (χ1) is 11.4. The summed E-state index contributed by atoms with van der Waals surface area (Å²) in [7, 11) is 0. The molecule has 2 rings (SSSR count). The summed E-state index contributed by atoms with van der Waals surface area (Å²) in [5, 5.41) is 21.0. The molecule has 0 aliphatic rings. The van der Waals surface area contributed by atoms with E-state index in [1.807, 2.05) is 0 Å². The minimum absolute atomic E-state index is 0.0297. The Morgan fingerprint density at radius 1 is 0.875 bits per heavy atom. The van der Waals surface area contributed by atoms with E-state index in [-0.39, 0.29) is 28.3 Å². The number of benzene rings is 2. The van der Waals surface area contributed by atoms with Crippen molar-refractivity contribution in [3.05, 3.63) is 59.7 Å². The maximum atomic E-state index is 11.8. The number of carboxylic acid groups (broad SMARTS) is 2. The van der Waals surface area contributed by atoms with E-state index in [0.717, 1.165) is 0 Å². The van der Waals surface area contributed by atoms with Crippen LogP contribution in [0.5, 0.6) is 0 Å². The van der Waals surface area contributed by atoms with E-state index in [1.54, 1.807) is 24.3 Å². The van der Waals surface area contributed by atoms with Gasteiger partial charge in [0, 0.05) is 6.92 Å². The van der Waals surface area contributed by atoms with Crippen LogP contribution < -0.4 is 5.32 Å². The highest BCUT2D eigenvalue weighted by atomic mass is 16.4. The maximum absolute atomic E-state index is 11.8. The molecule has 122 valence electrons. The van der Waals surface area contributed by atoms with Gasteiger partial charge in [-0.2, -0.15) is 0 Å². The molecule has 2 aromatic carbocycles. The van der Waals surface area contributed by atoms with Crippen molar-refractivity contribution in [2.75, 3.05) is 5.32 Å². The van der Waals surface area contributed by atoms with E-state index < -0.39 is 17.7 Å². The molecule has 24 heavy (non-hydrogen) atoms. The Bertz CT molecular complexity index is 842. The lowest BCUT2D eigenvalue weighted by molar-refractivity contribution is -0.111. The predicted octanol–water partition coefficient (Wildman–Crippen LogP) is 2.81. The highest BCUT2D eigenvalue weighted by Crippen LogP contribution is 2.20. The molecule has 7 heteroatoms. The van der Waals surface area contributed by atoms with Crippen LogP contribution in [0.3, 0.4) is 0 Å². The van der Waals surface area contributed by atoms with Crippen molar-refractivity contribution >= 4 is 34.9 Å². The van der Waals surface area contributed by atoms with Gasteiger partial charge in [0.25, 0.3) is 0 Å². The van der Waals surface area contributed by atoms with Crippen molar-refractivity contribution in [2.45, 2.75) is 6.92 Å². The van der Waals surface area contributed by atoms with Crippen LogP contribution >= 0.6 is 0 Å². The van der Waals surface area contributed by atoms with Crippen LogP contribution in [0.4, 0.5) is 11.4 Å². The second kappa shape index (κ2) is 7.19. The third kappa shape index (κ3) is 3.83. The van der Waals surface area contributed by atoms with E-state index in [0.29, 0.717) is 0 Å². The average Bonchev–Trinajstić information content (AvgIpc) is 2.54. The fraction of sp³-hybridized carbons (Fsp3) is 0.0588. The summed E-state index contributed by atoms with van der Waals surface area (Å²) in [6.07, 6.45) is 0. The number of rotatable bonds is 5. The Kier molecular flexibility index (Phi) is 5.06. The number of Topliss-reactive ketones (excluding diaryl/α,β-unsaturated/α-hetero) is 1. The quantitative estimate of drug-likeness (QED) is 0.574. The van der Waals surface area contributed by atoms with Gasteiger partial charge >= 0.3 is 11.9 Å². The highest BCUT2D eigenvalue weighted by molar-refractivity contribution is 6.43. The van der Waals surface area contributed by atoms with Gasteiger partial charge in [-0.1, -0.05) is 24.3 Å². The summed E-state index contributed by atoms with van der Waals surface area (Å²) in [6.45, 7) is 1.25. The van der Waals surface area contributed by atoms with Crippen molar-refractivity contribution in [3.63, 3.8) is 0 Å². The third-order valence-electron chi connectivity index (χ3n) is 3.11. The van der Waals surface area contributed by atoms with E-state index in [2.05, 4.69) is 10.3 Å². The van der Waals surface area contributed by atoms with Crippen LogP contribution in [0, 0.1) is 0 Å². The molecule has 2 aromatic rings. The number of nitrogens with zero attached hydrogens (tertiary/aromatic N) is 1. The number of carboxylic acids is 2. The molecule has 0 radical (unpaired) electrons. The second-order valence-corrected chi connectivity index (χ2v) is 4.81. The first-order valence-corrected chi connectivity index (χ1v) is 6.91. The van der Waals surface area contributed by atoms with Gasteiger partial charge in [-0.3, -0.25) is 4.79 Å². The monoisotopic (exact) mass is 326 g/mol. The van der Waals surface area contributed by atoms with Crippen molar-refractivity contribution in [1.82, 2.24) is 0 Å². The fourth-order valence-corrected chi connectivity index (χ4v) is 1.97. The van der Waals surface area contributed by atoms with Gasteiger partial charge in [0.05, 0.1) is 22.5 Å². The first kappa shape index (κ1) is 16.9. The standard InChI is InChI=1S/C17H14N2O5/c1-10(20)15(18-13-8-4-2-6-11(13)16(21)22)19-14-9-5-3-7-12(14)17(23)24/h2-9H,1H3,(H,18,19)(H,21,22)(H,23,24). The Morgan fingerprint density at radius 2 is 1.42 bits per heavy atom. The van der Waals surface area contributed by atoms with Gasteiger partial charge in [0.2, 0.25) is 0 Å². The number of ketones is 1. The Morgan fingerprint density at radius 3 is 2.00 bits per heavy atom. The number of para-hydroxylation sites is 2. The number of hydrogen-bond donors (Lipinski definition) is 3. The molecule has 0 heterocycles. The Labute approximate surface area is 137 Å². The zero-order valence-electron chi connectivity index (χ0n) is 12.7. The third-order valence-corrected chi connectivity index (χ3v) is 3.11. The molecule has 7 nitrogen and oxygen atoms in total. The zero-order valence-corrected chi connectivity index (χ0v) is 12.7. The SMILES string of the molecule is CC(=O)C(=Nc1ccccc1C(=O)O)Nc1ccccc1C(=O)O. The minimum Gasteiger partial charge on any atom is -0.478 e. The lowest BCUT2D eigenvalue weighted by Gasteiger charge is -2.10. The Hall–Kier alpha value is -3.48. The number of carbonyl (C=O) groups is 3.